The molecule has 0 saturated heterocycles. The highest BCUT2D eigenvalue weighted by Crippen LogP contribution is 2.18. The average Bonchev–Trinajstić information content (AvgIpc) is 2.94. The van der Waals surface area contributed by atoms with Crippen LogP contribution in [0.4, 0.5) is 0 Å². The summed E-state index contributed by atoms with van der Waals surface area (Å²) in [4.78, 5) is 4.24. The number of methoxy groups -OCH3 is 1. The largest absolute Gasteiger partial charge is 0.481 e. The molecule has 0 bridgehead atoms. The minimum Gasteiger partial charge on any atom is -0.481 e. The van der Waals surface area contributed by atoms with Gasteiger partial charge in [0, 0.05) is 36.6 Å². The van der Waals surface area contributed by atoms with Gasteiger partial charge in [0.05, 0.1) is 13.3 Å². The summed E-state index contributed by atoms with van der Waals surface area (Å²) in [6, 6.07) is 4.19. The zero-order valence-corrected chi connectivity index (χ0v) is 12.3. The Morgan fingerprint density at radius 2 is 2.20 bits per heavy atom. The first-order valence-electron chi connectivity index (χ1n) is 6.95. The second-order valence-corrected chi connectivity index (χ2v) is 4.79. The third kappa shape index (κ3) is 3.57. The summed E-state index contributed by atoms with van der Waals surface area (Å²) in [6.45, 7) is 3.11. The molecule has 0 aliphatic rings. The second kappa shape index (κ2) is 7.05. The van der Waals surface area contributed by atoms with Crippen molar-refractivity contribution in [2.24, 2.45) is 0 Å². The molecule has 20 heavy (non-hydrogen) atoms. The van der Waals surface area contributed by atoms with Gasteiger partial charge in [-0.25, -0.2) is 4.98 Å². The van der Waals surface area contributed by atoms with Crippen LogP contribution in [0.2, 0.25) is 0 Å². The molecule has 1 N–H and O–H groups in total. The van der Waals surface area contributed by atoms with Crippen LogP contribution in [0.1, 0.15) is 30.5 Å². The van der Waals surface area contributed by atoms with E-state index < -0.39 is 0 Å². The number of rotatable bonds is 7. The number of aryl methyl sites for hydroxylation is 1. The molecule has 0 radical (unpaired) electrons. The molecule has 0 aliphatic heterocycles. The van der Waals surface area contributed by atoms with Crippen LogP contribution in [0.15, 0.2) is 30.7 Å². The van der Waals surface area contributed by atoms with E-state index in [0.717, 1.165) is 19.4 Å². The zero-order valence-electron chi connectivity index (χ0n) is 12.3. The van der Waals surface area contributed by atoms with Gasteiger partial charge in [0.1, 0.15) is 0 Å². The standard InChI is InChI=1S/C15H22N4O/c1-4-7-19-11-13(10-18-19)14(16-2)8-12-5-6-15(20-3)17-9-12/h5-6,9-11,14,16H,4,7-8H2,1-3H3. The maximum atomic E-state index is 5.08. The smallest absolute Gasteiger partial charge is 0.212 e. The van der Waals surface area contributed by atoms with Crippen LogP contribution >= 0.6 is 0 Å². The molecule has 2 rings (SSSR count). The van der Waals surface area contributed by atoms with Gasteiger partial charge in [-0.15, -0.1) is 0 Å². The van der Waals surface area contributed by atoms with Crippen LogP contribution in [-0.4, -0.2) is 28.9 Å². The fraction of sp³-hybridized carbons (Fsp3) is 0.467. The van der Waals surface area contributed by atoms with Gasteiger partial charge in [0.25, 0.3) is 0 Å². The third-order valence-corrected chi connectivity index (χ3v) is 3.30. The van der Waals surface area contributed by atoms with Gasteiger partial charge in [0.15, 0.2) is 0 Å². The monoisotopic (exact) mass is 274 g/mol. The number of pyridine rings is 1. The van der Waals surface area contributed by atoms with E-state index in [2.05, 4.69) is 28.5 Å². The Labute approximate surface area is 120 Å². The van der Waals surface area contributed by atoms with E-state index >= 15 is 0 Å². The van der Waals surface area contributed by atoms with Gasteiger partial charge in [-0.2, -0.15) is 5.10 Å². The summed E-state index contributed by atoms with van der Waals surface area (Å²) >= 11 is 0. The van der Waals surface area contributed by atoms with Crippen LogP contribution in [0.25, 0.3) is 0 Å². The number of aromatic nitrogens is 3. The highest BCUT2D eigenvalue weighted by atomic mass is 16.5. The molecule has 0 amide bonds. The molecule has 2 aromatic rings. The van der Waals surface area contributed by atoms with Gasteiger partial charge in [-0.05, 0) is 25.5 Å². The van der Waals surface area contributed by atoms with Crippen molar-refractivity contribution in [3.05, 3.63) is 41.9 Å². The van der Waals surface area contributed by atoms with E-state index in [1.54, 1.807) is 7.11 Å². The quantitative estimate of drug-likeness (QED) is 0.841. The van der Waals surface area contributed by atoms with Crippen LogP contribution < -0.4 is 10.1 Å². The summed E-state index contributed by atoms with van der Waals surface area (Å²) in [5.41, 5.74) is 2.38. The van der Waals surface area contributed by atoms with Crippen LogP contribution in [0.3, 0.4) is 0 Å². The SMILES string of the molecule is CCCn1cc(C(Cc2ccc(OC)nc2)NC)cn1. The first kappa shape index (κ1) is 14.5. The Bertz CT molecular complexity index is 521. The molecule has 0 aromatic carbocycles. The topological polar surface area (TPSA) is 52.0 Å². The lowest BCUT2D eigenvalue weighted by Crippen LogP contribution is -2.18. The van der Waals surface area contributed by atoms with Crippen molar-refractivity contribution in [2.75, 3.05) is 14.2 Å². The summed E-state index contributed by atoms with van der Waals surface area (Å²) in [7, 11) is 3.60. The van der Waals surface area contributed by atoms with E-state index in [0.29, 0.717) is 5.88 Å². The predicted molar refractivity (Wildman–Crippen MR) is 78.8 cm³/mol. The van der Waals surface area contributed by atoms with E-state index in [9.17, 15) is 0 Å². The number of likely N-dealkylation sites (N-methyl/N-ethyl adjacent to an activating group) is 1. The Kier molecular flexibility index (Phi) is 5.12. The first-order chi connectivity index (χ1) is 9.76. The normalized spacial score (nSPS) is 12.3. The van der Waals surface area contributed by atoms with E-state index in [4.69, 9.17) is 4.74 Å². The van der Waals surface area contributed by atoms with Gasteiger partial charge >= 0.3 is 0 Å². The molecular formula is C15H22N4O. The molecular weight excluding hydrogens is 252 g/mol. The Balaban J connectivity index is 2.06. The fourth-order valence-corrected chi connectivity index (χ4v) is 2.19. The Morgan fingerprint density at radius 1 is 1.35 bits per heavy atom. The third-order valence-electron chi connectivity index (χ3n) is 3.30. The highest BCUT2D eigenvalue weighted by molar-refractivity contribution is 5.21. The molecule has 2 heterocycles. The van der Waals surface area contributed by atoms with Crippen molar-refractivity contribution < 1.29 is 4.74 Å². The maximum absolute atomic E-state index is 5.08. The minimum atomic E-state index is 0.246. The van der Waals surface area contributed by atoms with E-state index in [1.807, 2.05) is 36.3 Å². The minimum absolute atomic E-state index is 0.246. The van der Waals surface area contributed by atoms with E-state index in [-0.39, 0.29) is 6.04 Å². The number of nitrogens with zero attached hydrogens (tertiary/aromatic N) is 3. The lowest BCUT2D eigenvalue weighted by Gasteiger charge is -2.14. The summed E-state index contributed by atoms with van der Waals surface area (Å²) < 4.78 is 7.07. The Hall–Kier alpha value is -1.88. The summed E-state index contributed by atoms with van der Waals surface area (Å²) in [5, 5.41) is 7.72. The lowest BCUT2D eigenvalue weighted by atomic mass is 10.0. The van der Waals surface area contributed by atoms with Crippen LogP contribution in [0, 0.1) is 0 Å². The van der Waals surface area contributed by atoms with Crippen molar-refractivity contribution in [3.8, 4) is 5.88 Å². The molecule has 5 nitrogen and oxygen atoms in total. The summed E-state index contributed by atoms with van der Waals surface area (Å²) in [5.74, 6) is 0.644. The molecule has 2 aromatic heterocycles. The molecule has 1 unspecified atom stereocenters. The average molecular weight is 274 g/mol. The molecule has 5 heteroatoms. The van der Waals surface area contributed by atoms with Crippen molar-refractivity contribution in [1.82, 2.24) is 20.1 Å². The van der Waals surface area contributed by atoms with Crippen LogP contribution in [-0.2, 0) is 13.0 Å². The number of hydrogen-bond acceptors (Lipinski definition) is 4. The first-order valence-corrected chi connectivity index (χ1v) is 6.95. The molecule has 0 spiro atoms. The van der Waals surface area contributed by atoms with Crippen molar-refractivity contribution in [3.63, 3.8) is 0 Å². The zero-order chi connectivity index (χ0) is 14.4. The molecule has 0 aliphatic carbocycles. The van der Waals surface area contributed by atoms with Crippen molar-refractivity contribution in [1.29, 1.82) is 0 Å². The number of hydrogen-bond donors (Lipinski definition) is 1. The molecule has 0 saturated carbocycles. The second-order valence-electron chi connectivity index (χ2n) is 4.79. The van der Waals surface area contributed by atoms with Crippen LogP contribution in [0.5, 0.6) is 5.88 Å². The van der Waals surface area contributed by atoms with E-state index in [1.165, 1.54) is 11.1 Å². The number of ether oxygens (including phenoxy) is 1. The molecule has 0 fully saturated rings. The van der Waals surface area contributed by atoms with Gasteiger partial charge in [-0.3, -0.25) is 4.68 Å². The fourth-order valence-electron chi connectivity index (χ4n) is 2.19. The summed E-state index contributed by atoms with van der Waals surface area (Å²) in [6.07, 6.45) is 7.88. The molecule has 1 atom stereocenters. The number of nitrogens with one attached hydrogen (secondary N) is 1. The van der Waals surface area contributed by atoms with Crippen molar-refractivity contribution >= 4 is 0 Å². The van der Waals surface area contributed by atoms with Gasteiger partial charge < -0.3 is 10.1 Å². The maximum Gasteiger partial charge on any atom is 0.212 e. The van der Waals surface area contributed by atoms with Crippen molar-refractivity contribution in [2.45, 2.75) is 32.4 Å². The molecule has 108 valence electrons. The lowest BCUT2D eigenvalue weighted by molar-refractivity contribution is 0.397. The van der Waals surface area contributed by atoms with Gasteiger partial charge in [0.2, 0.25) is 5.88 Å². The highest BCUT2D eigenvalue weighted by Gasteiger charge is 2.12. The predicted octanol–water partition coefficient (Wildman–Crippen LogP) is 2.20. The Morgan fingerprint density at radius 3 is 2.80 bits per heavy atom. The van der Waals surface area contributed by atoms with Gasteiger partial charge in [-0.1, -0.05) is 13.0 Å².